The maximum atomic E-state index is 14.2. The Kier molecular flexibility index (Phi) is 7.43. The highest BCUT2D eigenvalue weighted by molar-refractivity contribution is 5.87. The Labute approximate surface area is 205 Å². The lowest BCUT2D eigenvalue weighted by Crippen LogP contribution is -2.46. The van der Waals surface area contributed by atoms with E-state index >= 15 is 0 Å². The predicted molar refractivity (Wildman–Crippen MR) is 126 cm³/mol. The van der Waals surface area contributed by atoms with Crippen molar-refractivity contribution in [3.63, 3.8) is 0 Å². The van der Waals surface area contributed by atoms with Gasteiger partial charge >= 0.3 is 6.18 Å². The number of aliphatic hydroxyl groups excluding tert-OH is 1. The molecule has 1 saturated heterocycles. The topological polar surface area (TPSA) is 95.6 Å². The molecule has 1 aliphatic rings. The summed E-state index contributed by atoms with van der Waals surface area (Å²) < 4.78 is 58.3. The molecule has 11 heteroatoms. The first kappa shape index (κ1) is 25.8. The van der Waals surface area contributed by atoms with E-state index in [2.05, 4.69) is 4.90 Å². The largest absolute Gasteiger partial charge is 0.507 e. The fourth-order valence-corrected chi connectivity index (χ4v) is 4.45. The summed E-state index contributed by atoms with van der Waals surface area (Å²) in [7, 11) is 2.73. The second kappa shape index (κ2) is 10.4. The number of nitrogens with zero attached hydrogens (tertiary/aromatic N) is 2. The summed E-state index contributed by atoms with van der Waals surface area (Å²) in [6.45, 7) is 3.16. The summed E-state index contributed by atoms with van der Waals surface area (Å²) in [5.41, 5.74) is -1.74. The van der Waals surface area contributed by atoms with Crippen LogP contribution in [-0.2, 0) is 12.7 Å². The number of piperazine rings is 1. The third-order valence-electron chi connectivity index (χ3n) is 6.33. The van der Waals surface area contributed by atoms with Crippen molar-refractivity contribution in [2.45, 2.75) is 12.7 Å². The van der Waals surface area contributed by atoms with Gasteiger partial charge in [0.25, 0.3) is 0 Å². The number of alkyl halides is 3. The Hall–Kier alpha value is -3.28. The van der Waals surface area contributed by atoms with Crippen molar-refractivity contribution in [1.29, 1.82) is 0 Å². The van der Waals surface area contributed by atoms with Gasteiger partial charge in [0.15, 0.2) is 11.5 Å². The molecule has 0 aliphatic carbocycles. The molecule has 2 heterocycles. The second-order valence-electron chi connectivity index (χ2n) is 8.48. The van der Waals surface area contributed by atoms with Crippen molar-refractivity contribution < 1.29 is 37.3 Å². The number of fused-ring (bicyclic) bond motifs is 1. The maximum Gasteiger partial charge on any atom is 0.450 e. The van der Waals surface area contributed by atoms with Gasteiger partial charge in [-0.3, -0.25) is 14.6 Å². The number of benzene rings is 2. The van der Waals surface area contributed by atoms with Crippen molar-refractivity contribution in [2.75, 3.05) is 53.6 Å². The van der Waals surface area contributed by atoms with Crippen LogP contribution in [0.5, 0.6) is 17.2 Å². The van der Waals surface area contributed by atoms with Crippen LogP contribution in [0.2, 0.25) is 0 Å². The molecule has 194 valence electrons. The molecule has 0 saturated carbocycles. The van der Waals surface area contributed by atoms with Gasteiger partial charge in [0.05, 0.1) is 37.3 Å². The highest BCUT2D eigenvalue weighted by atomic mass is 19.4. The Morgan fingerprint density at radius 1 is 1.00 bits per heavy atom. The SMILES string of the molecule is COc1ccc(-c2c(C(F)(F)F)oc3c(CN4CCN(CCO)CC4)c(O)ccc3c2=O)cc1OC. The predicted octanol–water partition coefficient (Wildman–Crippen LogP) is 3.31. The molecule has 1 aromatic heterocycles. The van der Waals surface area contributed by atoms with Crippen molar-refractivity contribution in [2.24, 2.45) is 0 Å². The van der Waals surface area contributed by atoms with Crippen LogP contribution in [0.3, 0.4) is 0 Å². The third kappa shape index (κ3) is 4.99. The minimum absolute atomic E-state index is 0.0368. The van der Waals surface area contributed by atoms with Crippen LogP contribution in [0.4, 0.5) is 13.2 Å². The molecule has 1 fully saturated rings. The summed E-state index contributed by atoms with van der Waals surface area (Å²) in [6.07, 6.45) is -4.98. The lowest BCUT2D eigenvalue weighted by atomic mass is 9.99. The number of rotatable bonds is 7. The number of hydrogen-bond donors (Lipinski definition) is 2. The van der Waals surface area contributed by atoms with Gasteiger partial charge < -0.3 is 24.1 Å². The Morgan fingerprint density at radius 2 is 1.67 bits per heavy atom. The van der Waals surface area contributed by atoms with Gasteiger partial charge in [-0.2, -0.15) is 13.2 Å². The number of aromatic hydroxyl groups is 1. The summed E-state index contributed by atoms with van der Waals surface area (Å²) in [5, 5.41) is 19.6. The molecule has 8 nitrogen and oxygen atoms in total. The van der Waals surface area contributed by atoms with Crippen LogP contribution in [0, 0.1) is 0 Å². The van der Waals surface area contributed by atoms with Gasteiger partial charge in [-0.25, -0.2) is 0 Å². The van der Waals surface area contributed by atoms with Crippen molar-refractivity contribution >= 4 is 11.0 Å². The molecule has 3 aromatic rings. The smallest absolute Gasteiger partial charge is 0.450 e. The number of halogens is 3. The monoisotopic (exact) mass is 508 g/mol. The molecule has 0 unspecified atom stereocenters. The minimum Gasteiger partial charge on any atom is -0.507 e. The van der Waals surface area contributed by atoms with E-state index in [-0.39, 0.29) is 46.7 Å². The van der Waals surface area contributed by atoms with E-state index in [1.807, 2.05) is 4.90 Å². The number of ether oxygens (including phenoxy) is 2. The molecule has 2 N–H and O–H groups in total. The molecular weight excluding hydrogens is 481 g/mol. The number of methoxy groups -OCH3 is 2. The quantitative estimate of drug-likeness (QED) is 0.502. The molecule has 36 heavy (non-hydrogen) atoms. The first-order chi connectivity index (χ1) is 17.2. The van der Waals surface area contributed by atoms with Crippen molar-refractivity contribution in [3.05, 3.63) is 51.9 Å². The standard InChI is InChI=1S/C25H27F3N2O6/c1-34-19-6-3-15(13-20(19)35-2)21-22(33)16-4-5-18(32)17(23(16)36-24(21)25(26,27)28)14-30-9-7-29(8-10-30)11-12-31/h3-6,13,31-32H,7-12,14H2,1-2H3. The molecule has 0 spiro atoms. The van der Waals surface area contributed by atoms with Gasteiger partial charge in [0, 0.05) is 39.3 Å². The minimum atomic E-state index is -4.98. The number of phenols is 1. The number of β-amino-alcohol motifs (C(OH)–C–C–N with tert-alkyl or cyclic N) is 1. The zero-order chi connectivity index (χ0) is 26.0. The first-order valence-electron chi connectivity index (χ1n) is 11.3. The number of hydrogen-bond acceptors (Lipinski definition) is 8. The first-order valence-corrected chi connectivity index (χ1v) is 11.3. The van der Waals surface area contributed by atoms with Crippen LogP contribution < -0.4 is 14.9 Å². The van der Waals surface area contributed by atoms with Crippen LogP contribution in [0.15, 0.2) is 39.5 Å². The molecule has 0 radical (unpaired) electrons. The van der Waals surface area contributed by atoms with E-state index < -0.39 is 22.9 Å². The maximum absolute atomic E-state index is 14.2. The van der Waals surface area contributed by atoms with E-state index in [0.29, 0.717) is 38.5 Å². The normalized spacial score (nSPS) is 15.4. The van der Waals surface area contributed by atoms with Gasteiger partial charge in [-0.05, 0) is 29.8 Å². The zero-order valence-electron chi connectivity index (χ0n) is 19.9. The van der Waals surface area contributed by atoms with Gasteiger partial charge in [-0.15, -0.1) is 0 Å². The van der Waals surface area contributed by atoms with Gasteiger partial charge in [0.2, 0.25) is 11.2 Å². The Morgan fingerprint density at radius 3 is 2.28 bits per heavy atom. The summed E-state index contributed by atoms with van der Waals surface area (Å²) >= 11 is 0. The van der Waals surface area contributed by atoms with E-state index in [4.69, 9.17) is 19.0 Å². The van der Waals surface area contributed by atoms with Gasteiger partial charge in [0.1, 0.15) is 11.3 Å². The lowest BCUT2D eigenvalue weighted by molar-refractivity contribution is -0.152. The van der Waals surface area contributed by atoms with Crippen molar-refractivity contribution in [3.8, 4) is 28.4 Å². The summed E-state index contributed by atoms with van der Waals surface area (Å²) in [5.74, 6) is -1.25. The van der Waals surface area contributed by atoms with E-state index in [0.717, 1.165) is 0 Å². The molecule has 0 bridgehead atoms. The van der Waals surface area contributed by atoms with Crippen LogP contribution in [0.25, 0.3) is 22.1 Å². The molecule has 1 aliphatic heterocycles. The van der Waals surface area contributed by atoms with Crippen LogP contribution >= 0.6 is 0 Å². The summed E-state index contributed by atoms with van der Waals surface area (Å²) in [4.78, 5) is 17.5. The van der Waals surface area contributed by atoms with E-state index in [1.165, 1.54) is 44.6 Å². The Bertz CT molecular complexity index is 1300. The molecule has 0 amide bonds. The lowest BCUT2D eigenvalue weighted by Gasteiger charge is -2.34. The fraction of sp³-hybridized carbons (Fsp3) is 0.400. The van der Waals surface area contributed by atoms with E-state index in [9.17, 15) is 23.1 Å². The highest BCUT2D eigenvalue weighted by Gasteiger charge is 2.40. The summed E-state index contributed by atoms with van der Waals surface area (Å²) in [6, 6.07) is 6.60. The Balaban J connectivity index is 1.84. The van der Waals surface area contributed by atoms with Gasteiger partial charge in [-0.1, -0.05) is 6.07 Å². The zero-order valence-corrected chi connectivity index (χ0v) is 19.9. The van der Waals surface area contributed by atoms with Crippen LogP contribution in [-0.4, -0.2) is 73.6 Å². The fourth-order valence-electron chi connectivity index (χ4n) is 4.45. The average Bonchev–Trinajstić information content (AvgIpc) is 2.86. The van der Waals surface area contributed by atoms with Crippen LogP contribution in [0.1, 0.15) is 11.3 Å². The average molecular weight is 508 g/mol. The number of aliphatic hydroxyl groups is 1. The molecule has 0 atom stereocenters. The molecule has 4 rings (SSSR count). The molecule has 2 aromatic carbocycles. The highest BCUT2D eigenvalue weighted by Crippen LogP contribution is 2.41. The van der Waals surface area contributed by atoms with Crippen molar-refractivity contribution in [1.82, 2.24) is 9.80 Å². The van der Waals surface area contributed by atoms with E-state index in [1.54, 1.807) is 0 Å². The molecular formula is C25H27F3N2O6. The number of phenolic OH excluding ortho intramolecular Hbond substituents is 1. The third-order valence-corrected chi connectivity index (χ3v) is 6.33. The second-order valence-corrected chi connectivity index (χ2v) is 8.48.